The van der Waals surface area contributed by atoms with Crippen LogP contribution in [-0.4, -0.2) is 15.9 Å². The number of nitrogens with one attached hydrogen (secondary N) is 2. The lowest BCUT2D eigenvalue weighted by atomic mass is 10.2. The molecular weight excluding hydrogens is 264 g/mol. The maximum atomic E-state index is 11.1. The van der Waals surface area contributed by atoms with Crippen LogP contribution in [0.25, 0.3) is 0 Å². The van der Waals surface area contributed by atoms with Crippen LogP contribution in [0.3, 0.4) is 0 Å². The molecule has 5 heteroatoms. The Morgan fingerprint density at radius 2 is 2.00 bits per heavy atom. The molecule has 1 aromatic carbocycles. The molecule has 0 saturated carbocycles. The predicted octanol–water partition coefficient (Wildman–Crippen LogP) is 2.98. The third-order valence-electron chi connectivity index (χ3n) is 3.49. The number of aryl methyl sites for hydroxylation is 2. The molecule has 0 fully saturated rings. The molecular formula is C16H18N4O. The molecule has 21 heavy (non-hydrogen) atoms. The van der Waals surface area contributed by atoms with Gasteiger partial charge in [-0.1, -0.05) is 6.07 Å². The summed E-state index contributed by atoms with van der Waals surface area (Å²) in [6.07, 6.45) is 3.18. The lowest BCUT2D eigenvalue weighted by Crippen LogP contribution is -2.06. The molecule has 1 heterocycles. The van der Waals surface area contributed by atoms with Crippen molar-refractivity contribution in [2.45, 2.75) is 33.1 Å². The van der Waals surface area contributed by atoms with Crippen LogP contribution in [0.5, 0.6) is 0 Å². The SMILES string of the molecule is CC(=O)Nc1cccc(Nc2nc(C)nc3c2CCC3)c1. The van der Waals surface area contributed by atoms with Gasteiger partial charge in [0, 0.05) is 29.6 Å². The van der Waals surface area contributed by atoms with E-state index >= 15 is 0 Å². The molecule has 5 nitrogen and oxygen atoms in total. The first-order valence-electron chi connectivity index (χ1n) is 7.13. The zero-order valence-electron chi connectivity index (χ0n) is 12.2. The van der Waals surface area contributed by atoms with Gasteiger partial charge in [0.2, 0.25) is 5.91 Å². The lowest BCUT2D eigenvalue weighted by Gasteiger charge is -2.12. The Balaban J connectivity index is 1.89. The number of carbonyl (C=O) groups is 1. The van der Waals surface area contributed by atoms with E-state index in [1.165, 1.54) is 12.5 Å². The number of aromatic nitrogens is 2. The summed E-state index contributed by atoms with van der Waals surface area (Å²) in [6, 6.07) is 7.63. The van der Waals surface area contributed by atoms with Crippen molar-refractivity contribution in [2.24, 2.45) is 0 Å². The highest BCUT2D eigenvalue weighted by Crippen LogP contribution is 2.29. The molecule has 108 valence electrons. The van der Waals surface area contributed by atoms with Gasteiger partial charge in [-0.3, -0.25) is 4.79 Å². The minimum Gasteiger partial charge on any atom is -0.340 e. The van der Waals surface area contributed by atoms with Crippen molar-refractivity contribution in [2.75, 3.05) is 10.6 Å². The van der Waals surface area contributed by atoms with E-state index < -0.39 is 0 Å². The molecule has 0 atom stereocenters. The second kappa shape index (κ2) is 5.52. The van der Waals surface area contributed by atoms with E-state index in [9.17, 15) is 4.79 Å². The maximum absolute atomic E-state index is 11.1. The first kappa shape index (κ1) is 13.5. The number of fused-ring (bicyclic) bond motifs is 1. The molecule has 0 unspecified atom stereocenters. The van der Waals surface area contributed by atoms with Crippen LogP contribution in [-0.2, 0) is 17.6 Å². The normalized spacial score (nSPS) is 12.9. The number of nitrogens with zero attached hydrogens (tertiary/aromatic N) is 2. The first-order chi connectivity index (χ1) is 10.1. The van der Waals surface area contributed by atoms with Gasteiger partial charge in [-0.15, -0.1) is 0 Å². The Morgan fingerprint density at radius 1 is 1.19 bits per heavy atom. The molecule has 0 radical (unpaired) electrons. The third kappa shape index (κ3) is 3.02. The van der Waals surface area contributed by atoms with E-state index in [-0.39, 0.29) is 5.91 Å². The molecule has 2 N–H and O–H groups in total. The van der Waals surface area contributed by atoms with Crippen molar-refractivity contribution in [1.82, 2.24) is 9.97 Å². The molecule has 0 aliphatic heterocycles. The number of carbonyl (C=O) groups excluding carboxylic acids is 1. The summed E-state index contributed by atoms with van der Waals surface area (Å²) in [5.74, 6) is 1.59. The van der Waals surface area contributed by atoms with Crippen molar-refractivity contribution < 1.29 is 4.79 Å². The maximum Gasteiger partial charge on any atom is 0.221 e. The Labute approximate surface area is 123 Å². The van der Waals surface area contributed by atoms with E-state index in [1.54, 1.807) is 0 Å². The molecule has 2 aromatic rings. The average Bonchev–Trinajstić information content (AvgIpc) is 2.86. The monoisotopic (exact) mass is 282 g/mol. The number of anilines is 3. The summed E-state index contributed by atoms with van der Waals surface area (Å²) in [5, 5.41) is 6.14. The molecule has 0 saturated heterocycles. The highest BCUT2D eigenvalue weighted by Gasteiger charge is 2.18. The predicted molar refractivity (Wildman–Crippen MR) is 82.8 cm³/mol. The van der Waals surface area contributed by atoms with Crippen LogP contribution in [0.1, 0.15) is 30.4 Å². The number of hydrogen-bond acceptors (Lipinski definition) is 4. The van der Waals surface area contributed by atoms with Gasteiger partial charge < -0.3 is 10.6 Å². The molecule has 1 amide bonds. The summed E-state index contributed by atoms with van der Waals surface area (Å²) >= 11 is 0. The Hall–Kier alpha value is -2.43. The smallest absolute Gasteiger partial charge is 0.221 e. The molecule has 1 aromatic heterocycles. The van der Waals surface area contributed by atoms with Gasteiger partial charge in [0.05, 0.1) is 0 Å². The average molecular weight is 282 g/mol. The fourth-order valence-electron chi connectivity index (χ4n) is 2.67. The molecule has 1 aliphatic rings. The van der Waals surface area contributed by atoms with Crippen molar-refractivity contribution >= 4 is 23.1 Å². The highest BCUT2D eigenvalue weighted by atomic mass is 16.1. The van der Waals surface area contributed by atoms with Crippen molar-refractivity contribution in [3.05, 3.63) is 41.3 Å². The minimum atomic E-state index is -0.0778. The van der Waals surface area contributed by atoms with Crippen molar-refractivity contribution in [3.8, 4) is 0 Å². The number of amides is 1. The largest absolute Gasteiger partial charge is 0.340 e. The minimum absolute atomic E-state index is 0.0778. The standard InChI is InChI=1S/C16H18N4O/c1-10-17-15-8-4-7-14(15)16(18-10)20-13-6-3-5-12(9-13)19-11(2)21/h3,5-6,9H,4,7-8H2,1-2H3,(H,19,21)(H,17,18,20). The Kier molecular flexibility index (Phi) is 3.56. The summed E-state index contributed by atoms with van der Waals surface area (Å²) in [4.78, 5) is 20.2. The summed E-state index contributed by atoms with van der Waals surface area (Å²) in [5.41, 5.74) is 4.05. The number of benzene rings is 1. The Bertz CT molecular complexity index is 697. The van der Waals surface area contributed by atoms with Gasteiger partial charge >= 0.3 is 0 Å². The number of hydrogen-bond donors (Lipinski definition) is 2. The van der Waals surface area contributed by atoms with Crippen LogP contribution in [0.15, 0.2) is 24.3 Å². The highest BCUT2D eigenvalue weighted by molar-refractivity contribution is 5.89. The second-order valence-electron chi connectivity index (χ2n) is 5.29. The van der Waals surface area contributed by atoms with E-state index in [4.69, 9.17) is 0 Å². The number of rotatable bonds is 3. The summed E-state index contributed by atoms with van der Waals surface area (Å²) in [7, 11) is 0. The zero-order chi connectivity index (χ0) is 14.8. The van der Waals surface area contributed by atoms with Gasteiger partial charge in [-0.05, 0) is 44.4 Å². The van der Waals surface area contributed by atoms with Crippen molar-refractivity contribution in [1.29, 1.82) is 0 Å². The molecule has 0 spiro atoms. The van der Waals surface area contributed by atoms with Crippen LogP contribution in [0, 0.1) is 6.92 Å². The van der Waals surface area contributed by atoms with E-state index in [0.29, 0.717) is 0 Å². The second-order valence-corrected chi connectivity index (χ2v) is 5.29. The van der Waals surface area contributed by atoms with Crippen LogP contribution in [0.2, 0.25) is 0 Å². The Morgan fingerprint density at radius 3 is 2.81 bits per heavy atom. The zero-order valence-corrected chi connectivity index (χ0v) is 12.2. The van der Waals surface area contributed by atoms with E-state index in [1.807, 2.05) is 31.2 Å². The summed E-state index contributed by atoms with van der Waals surface area (Å²) < 4.78 is 0. The quantitative estimate of drug-likeness (QED) is 0.908. The van der Waals surface area contributed by atoms with Crippen LogP contribution < -0.4 is 10.6 Å². The molecule has 0 bridgehead atoms. The van der Waals surface area contributed by atoms with Gasteiger partial charge in [0.25, 0.3) is 0 Å². The van der Waals surface area contributed by atoms with E-state index in [0.717, 1.165) is 48.0 Å². The summed E-state index contributed by atoms with van der Waals surface area (Å²) in [6.45, 7) is 3.41. The fourth-order valence-corrected chi connectivity index (χ4v) is 2.67. The van der Waals surface area contributed by atoms with E-state index in [2.05, 4.69) is 20.6 Å². The van der Waals surface area contributed by atoms with Gasteiger partial charge in [-0.2, -0.15) is 0 Å². The molecule has 3 rings (SSSR count). The molecule has 1 aliphatic carbocycles. The van der Waals surface area contributed by atoms with Crippen LogP contribution >= 0.6 is 0 Å². The first-order valence-corrected chi connectivity index (χ1v) is 7.13. The van der Waals surface area contributed by atoms with Gasteiger partial charge in [-0.25, -0.2) is 9.97 Å². The van der Waals surface area contributed by atoms with Gasteiger partial charge in [0.15, 0.2) is 0 Å². The van der Waals surface area contributed by atoms with Crippen molar-refractivity contribution in [3.63, 3.8) is 0 Å². The topological polar surface area (TPSA) is 66.9 Å². The third-order valence-corrected chi connectivity index (χ3v) is 3.49. The lowest BCUT2D eigenvalue weighted by molar-refractivity contribution is -0.114. The van der Waals surface area contributed by atoms with Crippen LogP contribution in [0.4, 0.5) is 17.2 Å². The fraction of sp³-hybridized carbons (Fsp3) is 0.312. The van der Waals surface area contributed by atoms with Gasteiger partial charge in [0.1, 0.15) is 11.6 Å².